The largest absolute Gasteiger partial charge is 0.504 e. The molecule has 0 spiro atoms. The number of carboxylic acids is 2. The van der Waals surface area contributed by atoms with Crippen LogP contribution in [0.3, 0.4) is 0 Å². The molecule has 194 valence electrons. The Morgan fingerprint density at radius 2 is 1.80 bits per heavy atom. The van der Waals surface area contributed by atoms with E-state index in [0.717, 1.165) is 6.92 Å². The number of phenolic OH excluding ortho intramolecular Hbond substituents is 1. The molecule has 8 N–H and O–H groups in total. The molecule has 14 heteroatoms. The average molecular weight is 501 g/mol. The number of fused-ring (bicyclic) bond motifs is 1. The molecule has 1 unspecified atom stereocenters. The summed E-state index contributed by atoms with van der Waals surface area (Å²) in [6.07, 6.45) is -9.55. The van der Waals surface area contributed by atoms with Gasteiger partial charge < -0.3 is 55.3 Å². The van der Waals surface area contributed by atoms with Crippen LogP contribution in [0.5, 0.6) is 11.5 Å². The molecular formula is C21H27NO13. The maximum Gasteiger partial charge on any atom is 0.326 e. The van der Waals surface area contributed by atoms with Gasteiger partial charge in [-0.25, -0.2) is 4.79 Å². The predicted octanol–water partition coefficient (Wildman–Crippen LogP) is -1.84. The van der Waals surface area contributed by atoms with Crippen LogP contribution < -0.4 is 10.1 Å². The van der Waals surface area contributed by atoms with E-state index < -0.39 is 85.5 Å². The summed E-state index contributed by atoms with van der Waals surface area (Å²) in [5, 5.41) is 71.5. The number of anilines is 1. The minimum absolute atomic E-state index is 0.0982. The number of aliphatic hydroxyl groups excluding tert-OH is 3. The van der Waals surface area contributed by atoms with E-state index >= 15 is 0 Å². The molecule has 2 aliphatic rings. The zero-order chi connectivity index (χ0) is 26.1. The van der Waals surface area contributed by atoms with E-state index in [1.165, 1.54) is 12.1 Å². The number of hydrogen-bond acceptors (Lipinski definition) is 12. The van der Waals surface area contributed by atoms with Crippen molar-refractivity contribution in [2.24, 2.45) is 0 Å². The van der Waals surface area contributed by atoms with Gasteiger partial charge in [-0.15, -0.1) is 0 Å². The number of aliphatic carboxylic acids is 2. The fourth-order valence-corrected chi connectivity index (χ4v) is 3.82. The lowest BCUT2D eigenvalue weighted by Gasteiger charge is -2.40. The molecule has 2 heterocycles. The quantitative estimate of drug-likeness (QED) is 0.174. The lowest BCUT2D eigenvalue weighted by atomic mass is 9.98. The molecule has 1 saturated heterocycles. The van der Waals surface area contributed by atoms with Crippen LogP contribution in [0, 0.1) is 0 Å². The van der Waals surface area contributed by atoms with Crippen molar-refractivity contribution in [3.8, 4) is 11.5 Å². The number of aliphatic hydroxyl groups is 4. The summed E-state index contributed by atoms with van der Waals surface area (Å²) in [7, 11) is 0. The number of carboxylic acid groups (broad SMARTS) is 2. The van der Waals surface area contributed by atoms with Crippen molar-refractivity contribution in [3.05, 3.63) is 17.7 Å². The van der Waals surface area contributed by atoms with Gasteiger partial charge in [-0.1, -0.05) is 0 Å². The normalized spacial score (nSPS) is 29.4. The summed E-state index contributed by atoms with van der Waals surface area (Å²) >= 11 is 0. The number of benzene rings is 1. The van der Waals surface area contributed by atoms with Gasteiger partial charge in [-0.3, -0.25) is 9.59 Å². The van der Waals surface area contributed by atoms with Crippen LogP contribution in [0.2, 0.25) is 0 Å². The van der Waals surface area contributed by atoms with Gasteiger partial charge in [0.2, 0.25) is 6.29 Å². The average Bonchev–Trinajstić information content (AvgIpc) is 3.15. The van der Waals surface area contributed by atoms with Crippen molar-refractivity contribution in [2.45, 2.75) is 68.5 Å². The number of phenols is 1. The Balaban J connectivity index is 1.65. The SMILES string of the molecule is CC(O)(CC(=O)O)CC(=O)OC[C@H]1O[C@@H](Oc2cc3c(cc2O)N[C@H](C(=O)O)C3)[C@H](O)[C@@H](O)[C@@H]1O. The molecule has 35 heavy (non-hydrogen) atoms. The molecule has 0 amide bonds. The Morgan fingerprint density at radius 3 is 2.43 bits per heavy atom. The Hall–Kier alpha value is -3.17. The molecule has 14 nitrogen and oxygen atoms in total. The van der Waals surface area contributed by atoms with E-state index in [-0.39, 0.29) is 12.2 Å². The van der Waals surface area contributed by atoms with E-state index in [4.69, 9.17) is 24.4 Å². The Morgan fingerprint density at radius 1 is 1.11 bits per heavy atom. The van der Waals surface area contributed by atoms with Gasteiger partial charge in [0.05, 0.1) is 18.4 Å². The third kappa shape index (κ3) is 6.29. The summed E-state index contributed by atoms with van der Waals surface area (Å²) in [5.74, 6) is -4.02. The van der Waals surface area contributed by atoms with Crippen molar-refractivity contribution in [3.63, 3.8) is 0 Å². The standard InChI is InChI=1S/C21H27NO13/c1-21(32,5-14(24)25)6-15(26)33-7-13-16(27)17(28)18(29)20(35-13)34-12-3-8-2-10(19(30)31)22-9(8)4-11(12)23/h3-4,10,13,16-18,20,22-23,27-29,32H,2,5-7H2,1H3,(H,24,25)(H,30,31)/t10-,13+,16+,17-,18+,20+,21?/m0/s1. The smallest absolute Gasteiger partial charge is 0.326 e. The topological polar surface area (TPSA) is 233 Å². The fraction of sp³-hybridized carbons (Fsp3) is 0.571. The van der Waals surface area contributed by atoms with Gasteiger partial charge in [0.15, 0.2) is 11.5 Å². The molecule has 1 fully saturated rings. The van der Waals surface area contributed by atoms with Gasteiger partial charge in [0.25, 0.3) is 0 Å². The van der Waals surface area contributed by atoms with Crippen molar-refractivity contribution in [1.29, 1.82) is 0 Å². The van der Waals surface area contributed by atoms with Gasteiger partial charge in [0.1, 0.15) is 37.1 Å². The second-order valence-corrected chi connectivity index (χ2v) is 8.78. The first-order chi connectivity index (χ1) is 16.3. The number of ether oxygens (including phenoxy) is 3. The van der Waals surface area contributed by atoms with Crippen LogP contribution in [-0.4, -0.2) is 103 Å². The first-order valence-corrected chi connectivity index (χ1v) is 10.6. The van der Waals surface area contributed by atoms with E-state index in [2.05, 4.69) is 5.32 Å². The first-order valence-electron chi connectivity index (χ1n) is 10.6. The fourth-order valence-electron chi connectivity index (χ4n) is 3.82. The van der Waals surface area contributed by atoms with Gasteiger partial charge in [0, 0.05) is 18.2 Å². The molecule has 7 atom stereocenters. The van der Waals surface area contributed by atoms with Crippen LogP contribution in [0.1, 0.15) is 25.3 Å². The molecule has 1 aromatic carbocycles. The highest BCUT2D eigenvalue weighted by molar-refractivity contribution is 5.82. The van der Waals surface area contributed by atoms with Crippen molar-refractivity contribution in [2.75, 3.05) is 11.9 Å². The zero-order valence-electron chi connectivity index (χ0n) is 18.5. The molecule has 0 radical (unpaired) electrons. The highest BCUT2D eigenvalue weighted by Crippen LogP contribution is 2.38. The monoisotopic (exact) mass is 501 g/mol. The maximum atomic E-state index is 12.0. The number of carbonyl (C=O) groups is 3. The van der Waals surface area contributed by atoms with Gasteiger partial charge >= 0.3 is 17.9 Å². The zero-order valence-corrected chi connectivity index (χ0v) is 18.5. The second kappa shape index (κ2) is 10.2. The first kappa shape index (κ1) is 26.4. The van der Waals surface area contributed by atoms with Crippen LogP contribution in [0.15, 0.2) is 12.1 Å². The molecule has 2 aliphatic heterocycles. The highest BCUT2D eigenvalue weighted by Gasteiger charge is 2.46. The lowest BCUT2D eigenvalue weighted by molar-refractivity contribution is -0.278. The predicted molar refractivity (Wildman–Crippen MR) is 113 cm³/mol. The number of aromatic hydroxyl groups is 1. The molecular weight excluding hydrogens is 474 g/mol. The van der Waals surface area contributed by atoms with Crippen LogP contribution >= 0.6 is 0 Å². The molecule has 0 saturated carbocycles. The lowest BCUT2D eigenvalue weighted by Crippen LogP contribution is -2.60. The van der Waals surface area contributed by atoms with Crippen LogP contribution in [-0.2, 0) is 30.3 Å². The Bertz CT molecular complexity index is 980. The third-order valence-corrected chi connectivity index (χ3v) is 5.61. The van der Waals surface area contributed by atoms with E-state index in [9.17, 15) is 39.9 Å². The van der Waals surface area contributed by atoms with E-state index in [1.54, 1.807) is 0 Å². The maximum absolute atomic E-state index is 12.0. The van der Waals surface area contributed by atoms with Crippen LogP contribution in [0.25, 0.3) is 0 Å². The minimum Gasteiger partial charge on any atom is -0.504 e. The van der Waals surface area contributed by atoms with Crippen molar-refractivity contribution >= 4 is 23.6 Å². The van der Waals surface area contributed by atoms with Crippen LogP contribution in [0.4, 0.5) is 5.69 Å². The number of esters is 1. The molecule has 0 aromatic heterocycles. The molecule has 0 bridgehead atoms. The highest BCUT2D eigenvalue weighted by atomic mass is 16.7. The number of rotatable bonds is 9. The Kier molecular flexibility index (Phi) is 7.71. The summed E-state index contributed by atoms with van der Waals surface area (Å²) in [6.45, 7) is 0.503. The number of hydrogen-bond donors (Lipinski definition) is 8. The summed E-state index contributed by atoms with van der Waals surface area (Å²) < 4.78 is 15.8. The van der Waals surface area contributed by atoms with Crippen molar-refractivity contribution in [1.82, 2.24) is 0 Å². The number of carbonyl (C=O) groups excluding carboxylic acids is 1. The van der Waals surface area contributed by atoms with E-state index in [1.807, 2.05) is 0 Å². The second-order valence-electron chi connectivity index (χ2n) is 8.78. The minimum atomic E-state index is -1.88. The number of nitrogens with one attached hydrogen (secondary N) is 1. The van der Waals surface area contributed by atoms with E-state index in [0.29, 0.717) is 11.3 Å². The molecule has 0 aliphatic carbocycles. The van der Waals surface area contributed by atoms with Crippen molar-refractivity contribution < 1.29 is 64.3 Å². The Labute approximate surface area is 198 Å². The summed E-state index contributed by atoms with van der Waals surface area (Å²) in [5.41, 5.74) is -0.989. The summed E-state index contributed by atoms with van der Waals surface area (Å²) in [6, 6.07) is 1.67. The van der Waals surface area contributed by atoms with Gasteiger partial charge in [-0.2, -0.15) is 0 Å². The van der Waals surface area contributed by atoms with Gasteiger partial charge in [-0.05, 0) is 18.6 Å². The molecule has 3 rings (SSSR count). The third-order valence-electron chi connectivity index (χ3n) is 5.61. The molecule has 1 aromatic rings. The summed E-state index contributed by atoms with van der Waals surface area (Å²) in [4.78, 5) is 34.0.